The summed E-state index contributed by atoms with van der Waals surface area (Å²) in [4.78, 5) is 31.1. The average molecular weight is 353 g/mol. The van der Waals surface area contributed by atoms with Crippen molar-refractivity contribution >= 4 is 5.91 Å². The zero-order valence-corrected chi connectivity index (χ0v) is 15.0. The summed E-state index contributed by atoms with van der Waals surface area (Å²) in [6.07, 6.45) is 8.67. The minimum absolute atomic E-state index is 0.216. The molecule has 6 nitrogen and oxygen atoms in total. The molecule has 2 aromatic rings. The van der Waals surface area contributed by atoms with Gasteiger partial charge in [-0.2, -0.15) is 0 Å². The summed E-state index contributed by atoms with van der Waals surface area (Å²) in [6, 6.07) is 3.32. The molecule has 2 aliphatic rings. The highest BCUT2D eigenvalue weighted by Gasteiger charge is 2.26. The van der Waals surface area contributed by atoms with E-state index in [1.807, 2.05) is 12.4 Å². The number of pyridine rings is 2. The van der Waals surface area contributed by atoms with Crippen LogP contribution >= 0.6 is 0 Å². The molecular formula is C20H23N3O3. The van der Waals surface area contributed by atoms with Crippen LogP contribution in [-0.2, 0) is 31.4 Å². The summed E-state index contributed by atoms with van der Waals surface area (Å²) in [7, 11) is 1.66. The average Bonchev–Trinajstić information content (AvgIpc) is 3.47. The van der Waals surface area contributed by atoms with Crippen molar-refractivity contribution in [2.75, 3.05) is 13.2 Å². The number of carbonyl (C=O) groups excluding carboxylic acids is 1. The summed E-state index contributed by atoms with van der Waals surface area (Å²) >= 11 is 0. The second-order valence-electron chi connectivity index (χ2n) is 7.21. The Bertz CT molecular complexity index is 886. The molecule has 1 saturated carbocycles. The Kier molecular flexibility index (Phi) is 4.59. The van der Waals surface area contributed by atoms with Crippen LogP contribution in [0.3, 0.4) is 0 Å². The molecule has 1 fully saturated rings. The third kappa shape index (κ3) is 3.42. The third-order valence-corrected chi connectivity index (χ3v) is 5.18. The first-order chi connectivity index (χ1) is 12.6. The molecule has 6 heteroatoms. The van der Waals surface area contributed by atoms with Crippen molar-refractivity contribution in [3.05, 3.63) is 63.3 Å². The molecule has 1 aliphatic heterocycles. The van der Waals surface area contributed by atoms with Crippen LogP contribution in [0.4, 0.5) is 0 Å². The van der Waals surface area contributed by atoms with Crippen LogP contribution in [0.5, 0.6) is 0 Å². The van der Waals surface area contributed by atoms with E-state index in [0.717, 1.165) is 30.1 Å². The van der Waals surface area contributed by atoms with Crippen LogP contribution in [-0.4, -0.2) is 33.5 Å². The molecule has 0 aromatic carbocycles. The number of hydrogen-bond donors (Lipinski definition) is 0. The number of hydrogen-bond acceptors (Lipinski definition) is 4. The maximum Gasteiger partial charge on any atom is 0.263 e. The van der Waals surface area contributed by atoms with Gasteiger partial charge < -0.3 is 14.2 Å². The van der Waals surface area contributed by atoms with Crippen LogP contribution in [0.1, 0.15) is 39.9 Å². The minimum Gasteiger partial charge on any atom is -0.376 e. The molecule has 0 radical (unpaired) electrons. The fraction of sp³-hybridized carbons (Fsp3) is 0.450. The minimum atomic E-state index is -0.261. The molecule has 0 saturated heterocycles. The first kappa shape index (κ1) is 17.0. The van der Waals surface area contributed by atoms with E-state index in [-0.39, 0.29) is 17.0 Å². The molecule has 0 N–H and O–H groups in total. The molecule has 0 unspecified atom stereocenters. The number of amides is 1. The SMILES string of the molecule is Cn1cccc(C(=O)N2CCc3c(COCC4CC4)cncc3C2)c1=O. The van der Waals surface area contributed by atoms with Crippen molar-refractivity contribution in [3.63, 3.8) is 0 Å². The number of aromatic nitrogens is 2. The molecule has 3 heterocycles. The van der Waals surface area contributed by atoms with Crippen LogP contribution in [0, 0.1) is 5.92 Å². The molecular weight excluding hydrogens is 330 g/mol. The highest BCUT2D eigenvalue weighted by Crippen LogP contribution is 2.29. The van der Waals surface area contributed by atoms with Gasteiger partial charge in [-0.05, 0) is 54.0 Å². The van der Waals surface area contributed by atoms with Gasteiger partial charge in [-0.25, -0.2) is 0 Å². The lowest BCUT2D eigenvalue weighted by molar-refractivity contribution is 0.0729. The van der Waals surface area contributed by atoms with Gasteiger partial charge in [-0.3, -0.25) is 14.6 Å². The summed E-state index contributed by atoms with van der Waals surface area (Å²) in [5.41, 5.74) is 3.36. The van der Waals surface area contributed by atoms with E-state index in [4.69, 9.17) is 4.74 Å². The third-order valence-electron chi connectivity index (χ3n) is 5.18. The number of aryl methyl sites for hydroxylation is 1. The Hall–Kier alpha value is -2.47. The lowest BCUT2D eigenvalue weighted by atomic mass is 9.97. The number of nitrogens with zero attached hydrogens (tertiary/aromatic N) is 3. The standard InChI is InChI=1S/C20H23N3O3/c1-22-7-2-3-18(19(22)24)20(25)23-8-6-17-15(11-23)9-21-10-16(17)13-26-12-14-4-5-14/h2-3,7,9-10,14H,4-6,8,11-13H2,1H3. The van der Waals surface area contributed by atoms with Gasteiger partial charge in [0.15, 0.2) is 0 Å². The largest absolute Gasteiger partial charge is 0.376 e. The Morgan fingerprint density at radius 1 is 1.35 bits per heavy atom. The fourth-order valence-electron chi connectivity index (χ4n) is 3.42. The van der Waals surface area contributed by atoms with Crippen LogP contribution < -0.4 is 5.56 Å². The number of carbonyl (C=O) groups is 1. The van der Waals surface area contributed by atoms with Crippen molar-refractivity contribution < 1.29 is 9.53 Å². The number of rotatable bonds is 5. The number of fused-ring (bicyclic) bond motifs is 1. The number of ether oxygens (including phenoxy) is 1. The summed E-state index contributed by atoms with van der Waals surface area (Å²) in [5, 5.41) is 0. The molecule has 0 atom stereocenters. The second kappa shape index (κ2) is 7.03. The van der Waals surface area contributed by atoms with Crippen molar-refractivity contribution in [2.45, 2.75) is 32.4 Å². The normalized spacial score (nSPS) is 16.4. The molecule has 0 spiro atoms. The molecule has 1 amide bonds. The molecule has 2 aromatic heterocycles. The van der Waals surface area contributed by atoms with Crippen molar-refractivity contribution in [1.29, 1.82) is 0 Å². The van der Waals surface area contributed by atoms with Gasteiger partial charge in [0.2, 0.25) is 0 Å². The summed E-state index contributed by atoms with van der Waals surface area (Å²) < 4.78 is 7.25. The van der Waals surface area contributed by atoms with Gasteiger partial charge in [0.25, 0.3) is 11.5 Å². The molecule has 26 heavy (non-hydrogen) atoms. The zero-order chi connectivity index (χ0) is 18.1. The highest BCUT2D eigenvalue weighted by molar-refractivity contribution is 5.94. The summed E-state index contributed by atoms with van der Waals surface area (Å²) in [5.74, 6) is 0.524. The van der Waals surface area contributed by atoms with Gasteiger partial charge >= 0.3 is 0 Å². The van der Waals surface area contributed by atoms with Crippen LogP contribution in [0.2, 0.25) is 0 Å². The van der Waals surface area contributed by atoms with Crippen molar-refractivity contribution in [1.82, 2.24) is 14.5 Å². The molecule has 4 rings (SSSR count). The van der Waals surface area contributed by atoms with Gasteiger partial charge in [-0.15, -0.1) is 0 Å². The topological polar surface area (TPSA) is 64.4 Å². The first-order valence-corrected chi connectivity index (χ1v) is 9.11. The van der Waals surface area contributed by atoms with Crippen molar-refractivity contribution in [2.24, 2.45) is 13.0 Å². The molecule has 1 aliphatic carbocycles. The lowest BCUT2D eigenvalue weighted by Gasteiger charge is -2.29. The maximum atomic E-state index is 12.8. The first-order valence-electron chi connectivity index (χ1n) is 9.11. The van der Waals surface area contributed by atoms with E-state index >= 15 is 0 Å². The van der Waals surface area contributed by atoms with Gasteiger partial charge in [-0.1, -0.05) is 0 Å². The Balaban J connectivity index is 1.49. The highest BCUT2D eigenvalue weighted by atomic mass is 16.5. The van der Waals surface area contributed by atoms with E-state index in [1.54, 1.807) is 30.3 Å². The molecule has 0 bridgehead atoms. The monoisotopic (exact) mass is 353 g/mol. The predicted octanol–water partition coefficient (Wildman–Crippen LogP) is 1.91. The van der Waals surface area contributed by atoms with Gasteiger partial charge in [0, 0.05) is 45.3 Å². The second-order valence-corrected chi connectivity index (χ2v) is 7.21. The Morgan fingerprint density at radius 3 is 3.00 bits per heavy atom. The zero-order valence-electron chi connectivity index (χ0n) is 15.0. The van der Waals surface area contributed by atoms with Crippen LogP contribution in [0.25, 0.3) is 0 Å². The van der Waals surface area contributed by atoms with Crippen LogP contribution in [0.15, 0.2) is 35.5 Å². The van der Waals surface area contributed by atoms with E-state index in [2.05, 4.69) is 4.98 Å². The van der Waals surface area contributed by atoms with E-state index in [9.17, 15) is 9.59 Å². The fourth-order valence-corrected chi connectivity index (χ4v) is 3.42. The predicted molar refractivity (Wildman–Crippen MR) is 96.7 cm³/mol. The van der Waals surface area contributed by atoms with Gasteiger partial charge in [0.05, 0.1) is 6.61 Å². The van der Waals surface area contributed by atoms with Crippen molar-refractivity contribution in [3.8, 4) is 0 Å². The lowest BCUT2D eigenvalue weighted by Crippen LogP contribution is -2.39. The van der Waals surface area contributed by atoms with E-state index in [0.29, 0.717) is 19.7 Å². The summed E-state index contributed by atoms with van der Waals surface area (Å²) in [6.45, 7) is 2.49. The molecule has 136 valence electrons. The van der Waals surface area contributed by atoms with Gasteiger partial charge in [0.1, 0.15) is 5.56 Å². The quantitative estimate of drug-likeness (QED) is 0.824. The smallest absolute Gasteiger partial charge is 0.263 e. The van der Waals surface area contributed by atoms with E-state index in [1.165, 1.54) is 23.0 Å². The Morgan fingerprint density at radius 2 is 2.19 bits per heavy atom. The maximum absolute atomic E-state index is 12.8. The Labute approximate surface area is 152 Å². The van der Waals surface area contributed by atoms with E-state index < -0.39 is 0 Å².